The first kappa shape index (κ1) is 14.7. The lowest BCUT2D eigenvalue weighted by Crippen LogP contribution is -2.49. The number of nitrogens with one attached hydrogen (secondary N) is 1. The Morgan fingerprint density at radius 1 is 1.50 bits per heavy atom. The Morgan fingerprint density at radius 3 is 2.95 bits per heavy atom. The molecule has 1 unspecified atom stereocenters. The molecule has 0 spiro atoms. The Bertz CT molecular complexity index is 424. The fraction of sp³-hybridized carbons (Fsp3) is 0.643. The number of hydrogen-bond acceptors (Lipinski definition) is 5. The summed E-state index contributed by atoms with van der Waals surface area (Å²) >= 11 is 0. The highest BCUT2D eigenvalue weighted by atomic mass is 16.5. The number of piperidine rings is 1. The molecule has 1 amide bonds. The molecule has 1 aliphatic heterocycles. The minimum atomic E-state index is -0.0560. The van der Waals surface area contributed by atoms with Crippen LogP contribution in [0.3, 0.4) is 0 Å². The van der Waals surface area contributed by atoms with Gasteiger partial charge in [0, 0.05) is 31.5 Å². The molecule has 6 nitrogen and oxygen atoms in total. The van der Waals surface area contributed by atoms with Crippen LogP contribution in [0.5, 0.6) is 0 Å². The molecule has 1 aromatic heterocycles. The van der Waals surface area contributed by atoms with Gasteiger partial charge in [-0.05, 0) is 32.8 Å². The second-order valence-corrected chi connectivity index (χ2v) is 5.26. The van der Waals surface area contributed by atoms with Crippen LogP contribution >= 0.6 is 0 Å². The largest absolute Gasteiger partial charge is 0.369 e. The summed E-state index contributed by atoms with van der Waals surface area (Å²) in [5.74, 6) is 0.671. The fourth-order valence-electron chi connectivity index (χ4n) is 2.24. The number of rotatable bonds is 5. The van der Waals surface area contributed by atoms with E-state index in [1.807, 2.05) is 13.8 Å². The highest BCUT2D eigenvalue weighted by Crippen LogP contribution is 2.15. The molecule has 0 aromatic carbocycles. The topological polar surface area (TPSA) is 67.3 Å². The van der Waals surface area contributed by atoms with Gasteiger partial charge in [0.2, 0.25) is 11.9 Å². The van der Waals surface area contributed by atoms with Crippen LogP contribution < -0.4 is 10.2 Å². The Morgan fingerprint density at radius 2 is 2.25 bits per heavy atom. The Labute approximate surface area is 119 Å². The standard InChI is InChI=1S/C14H22N4O2/c1-11(2)20-10-13(19)17-12-5-3-8-18(9-12)14-15-6-4-7-16-14/h4,6-7,11-12H,3,5,8-10H2,1-2H3,(H,17,19). The lowest BCUT2D eigenvalue weighted by Gasteiger charge is -2.33. The van der Waals surface area contributed by atoms with Gasteiger partial charge in [-0.15, -0.1) is 0 Å². The summed E-state index contributed by atoms with van der Waals surface area (Å²) in [5, 5.41) is 3.01. The van der Waals surface area contributed by atoms with Crippen LogP contribution in [-0.2, 0) is 9.53 Å². The van der Waals surface area contributed by atoms with Crippen molar-refractivity contribution in [1.82, 2.24) is 15.3 Å². The average molecular weight is 278 g/mol. The van der Waals surface area contributed by atoms with Crippen molar-refractivity contribution in [2.75, 3.05) is 24.6 Å². The summed E-state index contributed by atoms with van der Waals surface area (Å²) < 4.78 is 5.31. The van der Waals surface area contributed by atoms with E-state index in [1.165, 1.54) is 0 Å². The first-order valence-corrected chi connectivity index (χ1v) is 7.08. The second kappa shape index (κ2) is 7.19. The molecule has 0 aliphatic carbocycles. The van der Waals surface area contributed by atoms with E-state index in [1.54, 1.807) is 18.5 Å². The third-order valence-electron chi connectivity index (χ3n) is 3.17. The smallest absolute Gasteiger partial charge is 0.246 e. The minimum absolute atomic E-state index is 0.0560. The van der Waals surface area contributed by atoms with Gasteiger partial charge in [0.15, 0.2) is 0 Å². The van der Waals surface area contributed by atoms with Crippen molar-refractivity contribution in [3.63, 3.8) is 0 Å². The molecule has 6 heteroatoms. The van der Waals surface area contributed by atoms with Crippen LogP contribution in [0, 0.1) is 0 Å². The van der Waals surface area contributed by atoms with Crippen molar-refractivity contribution in [2.24, 2.45) is 0 Å². The zero-order valence-electron chi connectivity index (χ0n) is 12.1. The Hall–Kier alpha value is -1.69. The van der Waals surface area contributed by atoms with Gasteiger partial charge in [0.05, 0.1) is 6.10 Å². The summed E-state index contributed by atoms with van der Waals surface area (Å²) in [5.41, 5.74) is 0. The van der Waals surface area contributed by atoms with E-state index in [0.717, 1.165) is 31.9 Å². The summed E-state index contributed by atoms with van der Waals surface area (Å²) in [6.45, 7) is 5.64. The SMILES string of the molecule is CC(C)OCC(=O)NC1CCCN(c2ncccn2)C1. The van der Waals surface area contributed by atoms with Crippen molar-refractivity contribution in [2.45, 2.75) is 38.8 Å². The lowest BCUT2D eigenvalue weighted by atomic mass is 10.1. The van der Waals surface area contributed by atoms with Crippen LogP contribution in [0.1, 0.15) is 26.7 Å². The van der Waals surface area contributed by atoms with E-state index in [4.69, 9.17) is 4.74 Å². The maximum absolute atomic E-state index is 11.8. The van der Waals surface area contributed by atoms with E-state index < -0.39 is 0 Å². The zero-order chi connectivity index (χ0) is 14.4. The molecule has 0 radical (unpaired) electrons. The normalized spacial score (nSPS) is 19.1. The van der Waals surface area contributed by atoms with Gasteiger partial charge >= 0.3 is 0 Å². The summed E-state index contributed by atoms with van der Waals surface area (Å²) in [6, 6.07) is 1.94. The molecule has 1 atom stereocenters. The predicted molar refractivity (Wildman–Crippen MR) is 76.5 cm³/mol. The highest BCUT2D eigenvalue weighted by molar-refractivity contribution is 5.77. The van der Waals surface area contributed by atoms with E-state index >= 15 is 0 Å². The van der Waals surface area contributed by atoms with Gasteiger partial charge < -0.3 is 15.0 Å². The van der Waals surface area contributed by atoms with Crippen molar-refractivity contribution >= 4 is 11.9 Å². The van der Waals surface area contributed by atoms with E-state index in [-0.39, 0.29) is 24.7 Å². The first-order chi connectivity index (χ1) is 9.65. The molecule has 1 saturated heterocycles. The maximum atomic E-state index is 11.8. The Kier molecular flexibility index (Phi) is 5.29. The van der Waals surface area contributed by atoms with Gasteiger partial charge in [-0.3, -0.25) is 4.79 Å². The number of hydrogen-bond donors (Lipinski definition) is 1. The number of anilines is 1. The van der Waals surface area contributed by atoms with Crippen molar-refractivity contribution in [3.05, 3.63) is 18.5 Å². The first-order valence-electron chi connectivity index (χ1n) is 7.08. The number of amides is 1. The molecule has 0 saturated carbocycles. The van der Waals surface area contributed by atoms with Gasteiger partial charge in [0.25, 0.3) is 0 Å². The number of carbonyl (C=O) groups is 1. The summed E-state index contributed by atoms with van der Waals surface area (Å²) in [7, 11) is 0. The third kappa shape index (κ3) is 4.45. The molecular formula is C14H22N4O2. The zero-order valence-corrected chi connectivity index (χ0v) is 12.1. The molecule has 0 bridgehead atoms. The lowest BCUT2D eigenvalue weighted by molar-refractivity contribution is -0.127. The van der Waals surface area contributed by atoms with Crippen LogP contribution in [0.2, 0.25) is 0 Å². The molecule has 1 aliphatic rings. The van der Waals surface area contributed by atoms with E-state index in [0.29, 0.717) is 0 Å². The minimum Gasteiger partial charge on any atom is -0.369 e. The molecule has 1 fully saturated rings. The maximum Gasteiger partial charge on any atom is 0.246 e. The summed E-state index contributed by atoms with van der Waals surface area (Å²) in [4.78, 5) is 22.4. The van der Waals surface area contributed by atoms with Crippen LogP contribution in [0.15, 0.2) is 18.5 Å². The monoisotopic (exact) mass is 278 g/mol. The molecule has 1 N–H and O–H groups in total. The fourth-order valence-corrected chi connectivity index (χ4v) is 2.24. The molecule has 2 rings (SSSR count). The number of nitrogens with zero attached hydrogens (tertiary/aromatic N) is 3. The van der Waals surface area contributed by atoms with E-state index in [9.17, 15) is 4.79 Å². The molecule has 1 aromatic rings. The Balaban J connectivity index is 1.83. The molecule has 2 heterocycles. The van der Waals surface area contributed by atoms with E-state index in [2.05, 4.69) is 20.2 Å². The van der Waals surface area contributed by atoms with Gasteiger partial charge in [0.1, 0.15) is 6.61 Å². The van der Waals surface area contributed by atoms with Gasteiger partial charge in [-0.2, -0.15) is 0 Å². The molecular weight excluding hydrogens is 256 g/mol. The average Bonchev–Trinajstić information content (AvgIpc) is 2.46. The van der Waals surface area contributed by atoms with Gasteiger partial charge in [-0.1, -0.05) is 0 Å². The quantitative estimate of drug-likeness (QED) is 0.870. The molecule has 110 valence electrons. The van der Waals surface area contributed by atoms with Gasteiger partial charge in [-0.25, -0.2) is 9.97 Å². The number of aromatic nitrogens is 2. The third-order valence-corrected chi connectivity index (χ3v) is 3.17. The van der Waals surface area contributed by atoms with Crippen LogP contribution in [-0.4, -0.2) is 47.7 Å². The number of carbonyl (C=O) groups excluding carboxylic acids is 1. The van der Waals surface area contributed by atoms with Crippen LogP contribution in [0.25, 0.3) is 0 Å². The van der Waals surface area contributed by atoms with Crippen molar-refractivity contribution < 1.29 is 9.53 Å². The van der Waals surface area contributed by atoms with Crippen molar-refractivity contribution in [1.29, 1.82) is 0 Å². The summed E-state index contributed by atoms with van der Waals surface area (Å²) in [6.07, 6.45) is 5.55. The number of ether oxygens (including phenoxy) is 1. The van der Waals surface area contributed by atoms with Crippen molar-refractivity contribution in [3.8, 4) is 0 Å². The predicted octanol–water partition coefficient (Wildman–Crippen LogP) is 0.987. The second-order valence-electron chi connectivity index (χ2n) is 5.26. The highest BCUT2D eigenvalue weighted by Gasteiger charge is 2.22. The van der Waals surface area contributed by atoms with Crippen LogP contribution in [0.4, 0.5) is 5.95 Å². The molecule has 20 heavy (non-hydrogen) atoms.